The quantitative estimate of drug-likeness (QED) is 0.451. The third-order valence-electron chi connectivity index (χ3n) is 6.19. The van der Waals surface area contributed by atoms with Gasteiger partial charge in [0.05, 0.1) is 12.8 Å². The molecule has 0 saturated heterocycles. The minimum Gasteiger partial charge on any atom is -0.497 e. The Morgan fingerprint density at radius 3 is 2.62 bits per heavy atom. The molecule has 0 radical (unpaired) electrons. The van der Waals surface area contributed by atoms with Crippen molar-refractivity contribution in [3.05, 3.63) is 101 Å². The van der Waals surface area contributed by atoms with Gasteiger partial charge in [-0.1, -0.05) is 42.5 Å². The van der Waals surface area contributed by atoms with Crippen molar-refractivity contribution in [1.29, 1.82) is 0 Å². The highest BCUT2D eigenvalue weighted by Gasteiger charge is 2.32. The van der Waals surface area contributed by atoms with Gasteiger partial charge in [0.1, 0.15) is 5.75 Å². The van der Waals surface area contributed by atoms with Gasteiger partial charge in [-0.15, -0.1) is 0 Å². The fourth-order valence-corrected chi connectivity index (χ4v) is 4.83. The number of H-pyrrole nitrogens is 1. The van der Waals surface area contributed by atoms with Crippen LogP contribution in [0.2, 0.25) is 0 Å². The molecule has 2 atom stereocenters. The number of fused-ring (bicyclic) bond motifs is 2. The van der Waals surface area contributed by atoms with Crippen LogP contribution in [0.4, 0.5) is 0 Å². The monoisotopic (exact) mass is 381 g/mol. The van der Waals surface area contributed by atoms with E-state index in [1.54, 1.807) is 7.11 Å². The maximum Gasteiger partial charge on any atom is 0.166 e. The first kappa shape index (κ1) is 17.7. The summed E-state index contributed by atoms with van der Waals surface area (Å²) in [6, 6.07) is 25.8. The Morgan fingerprint density at radius 2 is 1.83 bits per heavy atom. The zero-order chi connectivity index (χ0) is 19.8. The molecule has 3 heteroatoms. The molecular formula is C26H23NO2. The number of aromatic amines is 1. The van der Waals surface area contributed by atoms with Crippen LogP contribution in [-0.2, 0) is 6.42 Å². The van der Waals surface area contributed by atoms with Crippen LogP contribution in [0.25, 0.3) is 10.9 Å². The number of carbonyl (C=O) groups excluding carboxylic acids is 1. The predicted molar refractivity (Wildman–Crippen MR) is 116 cm³/mol. The van der Waals surface area contributed by atoms with Gasteiger partial charge in [-0.25, -0.2) is 0 Å². The Morgan fingerprint density at radius 1 is 0.966 bits per heavy atom. The lowest BCUT2D eigenvalue weighted by molar-refractivity contribution is 0.112. The van der Waals surface area contributed by atoms with Gasteiger partial charge in [0.15, 0.2) is 6.29 Å². The number of aldehydes is 1. The third kappa shape index (κ3) is 3.13. The van der Waals surface area contributed by atoms with Crippen molar-refractivity contribution >= 4 is 17.2 Å². The van der Waals surface area contributed by atoms with Crippen LogP contribution in [0.1, 0.15) is 51.0 Å². The van der Waals surface area contributed by atoms with Gasteiger partial charge in [-0.05, 0) is 71.3 Å². The normalized spacial score (nSPS) is 18.4. The molecule has 0 aliphatic heterocycles. The SMILES string of the molecule is COc1ccc2c(c1)CCC(c1ccccc1)C2c1ccc2[nH]c(C=O)cc2c1. The summed E-state index contributed by atoms with van der Waals surface area (Å²) in [4.78, 5) is 14.3. The molecule has 4 aromatic rings. The van der Waals surface area contributed by atoms with Crippen molar-refractivity contribution in [3.63, 3.8) is 0 Å². The van der Waals surface area contributed by atoms with Crippen LogP contribution in [0, 0.1) is 0 Å². The van der Waals surface area contributed by atoms with E-state index < -0.39 is 0 Å². The lowest BCUT2D eigenvalue weighted by atomic mass is 9.69. The van der Waals surface area contributed by atoms with Gasteiger partial charge in [-0.2, -0.15) is 0 Å². The van der Waals surface area contributed by atoms with E-state index in [2.05, 4.69) is 71.7 Å². The fraction of sp³-hybridized carbons (Fsp3) is 0.192. The second-order valence-electron chi connectivity index (χ2n) is 7.79. The molecule has 144 valence electrons. The van der Waals surface area contributed by atoms with Crippen LogP contribution in [0.15, 0.2) is 72.8 Å². The number of methoxy groups -OCH3 is 1. The van der Waals surface area contributed by atoms with E-state index in [1.807, 2.05) is 6.07 Å². The second-order valence-corrected chi connectivity index (χ2v) is 7.79. The zero-order valence-electron chi connectivity index (χ0n) is 16.4. The van der Waals surface area contributed by atoms with Crippen molar-refractivity contribution in [2.75, 3.05) is 7.11 Å². The highest BCUT2D eigenvalue weighted by atomic mass is 16.5. The lowest BCUT2D eigenvalue weighted by Crippen LogP contribution is -2.20. The van der Waals surface area contributed by atoms with Gasteiger partial charge in [0.2, 0.25) is 0 Å². The molecule has 1 N–H and O–H groups in total. The minimum atomic E-state index is 0.269. The Labute approximate surface area is 170 Å². The molecule has 29 heavy (non-hydrogen) atoms. The summed E-state index contributed by atoms with van der Waals surface area (Å²) < 4.78 is 5.47. The van der Waals surface area contributed by atoms with E-state index in [0.29, 0.717) is 11.6 Å². The number of rotatable bonds is 4. The molecule has 3 nitrogen and oxygen atoms in total. The summed E-state index contributed by atoms with van der Waals surface area (Å²) in [5.74, 6) is 1.60. The first-order chi connectivity index (χ1) is 14.3. The Balaban J connectivity index is 1.67. The molecule has 1 heterocycles. The standard InChI is InChI=1S/C26H23NO2/c1-29-22-9-11-24-18(15-22)7-10-23(17-5-3-2-4-6-17)26(24)19-8-12-25-20(13-19)14-21(16-28)27-25/h2-6,8-9,11-16,23,26-27H,7,10H2,1H3. The number of ether oxygens (including phenoxy) is 1. The summed E-state index contributed by atoms with van der Waals surface area (Å²) in [5, 5.41) is 1.08. The number of aromatic nitrogens is 1. The summed E-state index contributed by atoms with van der Waals surface area (Å²) in [7, 11) is 1.72. The van der Waals surface area contributed by atoms with Crippen LogP contribution >= 0.6 is 0 Å². The second kappa shape index (κ2) is 7.25. The number of benzene rings is 3. The van der Waals surface area contributed by atoms with E-state index in [0.717, 1.165) is 35.8 Å². The largest absolute Gasteiger partial charge is 0.497 e. The van der Waals surface area contributed by atoms with Crippen molar-refractivity contribution in [2.24, 2.45) is 0 Å². The molecule has 1 aliphatic rings. The minimum absolute atomic E-state index is 0.269. The summed E-state index contributed by atoms with van der Waals surface area (Å²) in [6.07, 6.45) is 3.01. The van der Waals surface area contributed by atoms with Gasteiger partial charge in [0, 0.05) is 16.8 Å². The average Bonchev–Trinajstić information content (AvgIpc) is 3.21. The van der Waals surface area contributed by atoms with Crippen LogP contribution in [-0.4, -0.2) is 18.4 Å². The van der Waals surface area contributed by atoms with E-state index >= 15 is 0 Å². The third-order valence-corrected chi connectivity index (χ3v) is 6.19. The number of aryl methyl sites for hydroxylation is 1. The summed E-state index contributed by atoms with van der Waals surface area (Å²) in [6.45, 7) is 0. The molecular weight excluding hydrogens is 358 g/mol. The molecule has 2 unspecified atom stereocenters. The first-order valence-corrected chi connectivity index (χ1v) is 10.1. The van der Waals surface area contributed by atoms with Gasteiger partial charge >= 0.3 is 0 Å². The van der Waals surface area contributed by atoms with Crippen LogP contribution in [0.5, 0.6) is 5.75 Å². The smallest absolute Gasteiger partial charge is 0.166 e. The van der Waals surface area contributed by atoms with E-state index in [1.165, 1.54) is 22.3 Å². The molecule has 5 rings (SSSR count). The lowest BCUT2D eigenvalue weighted by Gasteiger charge is -2.35. The van der Waals surface area contributed by atoms with Crippen LogP contribution in [0.3, 0.4) is 0 Å². The number of hydrogen-bond acceptors (Lipinski definition) is 2. The molecule has 0 fully saturated rings. The molecule has 0 bridgehead atoms. The Kier molecular flexibility index (Phi) is 4.44. The maximum absolute atomic E-state index is 11.2. The van der Waals surface area contributed by atoms with Crippen molar-refractivity contribution in [3.8, 4) is 5.75 Å². The molecule has 0 spiro atoms. The summed E-state index contributed by atoms with van der Waals surface area (Å²) >= 11 is 0. The number of carbonyl (C=O) groups is 1. The molecule has 1 aromatic heterocycles. The van der Waals surface area contributed by atoms with Crippen molar-refractivity contribution < 1.29 is 9.53 Å². The molecule has 1 aliphatic carbocycles. The average molecular weight is 381 g/mol. The maximum atomic E-state index is 11.2. The van der Waals surface area contributed by atoms with Gasteiger partial charge in [-0.3, -0.25) is 4.79 Å². The Hall–Kier alpha value is -3.33. The van der Waals surface area contributed by atoms with Crippen molar-refractivity contribution in [2.45, 2.75) is 24.7 Å². The highest BCUT2D eigenvalue weighted by molar-refractivity contribution is 5.88. The fourth-order valence-electron chi connectivity index (χ4n) is 4.83. The van der Waals surface area contributed by atoms with Gasteiger partial charge < -0.3 is 9.72 Å². The predicted octanol–water partition coefficient (Wildman–Crippen LogP) is 5.85. The topological polar surface area (TPSA) is 42.1 Å². The molecule has 3 aromatic carbocycles. The van der Waals surface area contributed by atoms with E-state index in [4.69, 9.17) is 4.74 Å². The summed E-state index contributed by atoms with van der Waals surface area (Å²) in [5.41, 5.74) is 7.01. The van der Waals surface area contributed by atoms with Crippen molar-refractivity contribution in [1.82, 2.24) is 4.98 Å². The van der Waals surface area contributed by atoms with Crippen LogP contribution < -0.4 is 4.74 Å². The molecule has 0 amide bonds. The number of nitrogens with one attached hydrogen (secondary N) is 1. The highest BCUT2D eigenvalue weighted by Crippen LogP contribution is 2.47. The molecule has 0 saturated carbocycles. The number of hydrogen-bond donors (Lipinski definition) is 1. The van der Waals surface area contributed by atoms with E-state index in [-0.39, 0.29) is 5.92 Å². The Bertz CT molecular complexity index is 1180. The van der Waals surface area contributed by atoms with E-state index in [9.17, 15) is 4.79 Å². The zero-order valence-corrected chi connectivity index (χ0v) is 16.4. The van der Waals surface area contributed by atoms with Gasteiger partial charge in [0.25, 0.3) is 0 Å². The first-order valence-electron chi connectivity index (χ1n) is 10.1.